The lowest BCUT2D eigenvalue weighted by molar-refractivity contribution is 0.494. The van der Waals surface area contributed by atoms with Gasteiger partial charge in [-0.1, -0.05) is 12.7 Å². The van der Waals surface area contributed by atoms with Gasteiger partial charge >= 0.3 is 0 Å². The molecule has 0 rings (SSSR count). The molecule has 0 aromatic heterocycles. The Bertz CT molecular complexity index is 223. The molecule has 0 aromatic carbocycles. The molecule has 4 heteroatoms. The molecule has 0 aliphatic carbocycles. The van der Waals surface area contributed by atoms with Gasteiger partial charge in [0.25, 0.3) is 10.1 Å². The van der Waals surface area contributed by atoms with Crippen LogP contribution in [0.5, 0.6) is 0 Å². The smallest absolute Gasteiger partial charge is 0.282 e. The molecule has 0 saturated carbocycles. The van der Waals surface area contributed by atoms with Crippen molar-refractivity contribution in [3.8, 4) is 0 Å². The first kappa shape index (κ1) is 8.39. The van der Waals surface area contributed by atoms with Gasteiger partial charge in [0.1, 0.15) is 0 Å². The van der Waals surface area contributed by atoms with Gasteiger partial charge in [-0.2, -0.15) is 8.42 Å². The van der Waals surface area contributed by atoms with Crippen molar-refractivity contribution in [1.82, 2.24) is 0 Å². The van der Waals surface area contributed by atoms with E-state index in [1.165, 1.54) is 13.0 Å². The Balaban J connectivity index is 4.51. The summed E-state index contributed by atoms with van der Waals surface area (Å²) >= 11 is 0. The molecular weight excluding hydrogens is 140 g/mol. The molecule has 0 amide bonds. The zero-order valence-corrected chi connectivity index (χ0v) is 5.85. The van der Waals surface area contributed by atoms with E-state index in [2.05, 4.69) is 6.58 Å². The molecular formula is C5H8O3S. The predicted molar refractivity (Wildman–Crippen MR) is 35.5 cm³/mol. The highest BCUT2D eigenvalue weighted by molar-refractivity contribution is 7.88. The van der Waals surface area contributed by atoms with Crippen molar-refractivity contribution in [2.24, 2.45) is 0 Å². The summed E-state index contributed by atoms with van der Waals surface area (Å²) < 4.78 is 28.2. The number of hydrogen-bond acceptors (Lipinski definition) is 2. The van der Waals surface area contributed by atoms with Gasteiger partial charge < -0.3 is 0 Å². The molecule has 0 fully saturated rings. The fraction of sp³-hybridized carbons (Fsp3) is 0.200. The SMILES string of the molecule is C=CC(C)=CS(=O)(=O)O. The van der Waals surface area contributed by atoms with Crippen LogP contribution in [0.4, 0.5) is 0 Å². The van der Waals surface area contributed by atoms with Crippen molar-refractivity contribution in [2.75, 3.05) is 0 Å². The fourth-order valence-electron chi connectivity index (χ4n) is 0.283. The summed E-state index contributed by atoms with van der Waals surface area (Å²) in [5.41, 5.74) is 0.414. The third-order valence-electron chi connectivity index (χ3n) is 0.657. The summed E-state index contributed by atoms with van der Waals surface area (Å²) in [7, 11) is -3.97. The molecule has 52 valence electrons. The molecule has 0 aliphatic heterocycles. The van der Waals surface area contributed by atoms with Crippen LogP contribution in [0.15, 0.2) is 23.6 Å². The molecule has 1 N–H and O–H groups in total. The van der Waals surface area contributed by atoms with Crippen LogP contribution in [0.25, 0.3) is 0 Å². The summed E-state index contributed by atoms with van der Waals surface area (Å²) in [6.45, 7) is 4.83. The number of rotatable bonds is 2. The summed E-state index contributed by atoms with van der Waals surface area (Å²) in [4.78, 5) is 0. The van der Waals surface area contributed by atoms with Gasteiger partial charge in [-0.25, -0.2) is 0 Å². The molecule has 0 spiro atoms. The second kappa shape index (κ2) is 2.80. The van der Waals surface area contributed by atoms with Crippen LogP contribution in [0.2, 0.25) is 0 Å². The first-order valence-electron chi connectivity index (χ1n) is 2.24. The standard InChI is InChI=1S/C5H8O3S/c1-3-5(2)4-9(6,7)8/h3-4H,1H2,2H3,(H,6,7,8). The molecule has 0 aromatic rings. The molecule has 0 saturated heterocycles. The largest absolute Gasteiger partial charge is 0.287 e. The van der Waals surface area contributed by atoms with Gasteiger partial charge in [0, 0.05) is 0 Å². The molecule has 0 radical (unpaired) electrons. The highest BCUT2D eigenvalue weighted by atomic mass is 32.2. The third-order valence-corrected chi connectivity index (χ3v) is 1.33. The average molecular weight is 148 g/mol. The van der Waals surface area contributed by atoms with Gasteiger partial charge in [0.15, 0.2) is 0 Å². The van der Waals surface area contributed by atoms with E-state index in [9.17, 15) is 8.42 Å². The van der Waals surface area contributed by atoms with Gasteiger partial charge in [0.05, 0.1) is 5.41 Å². The van der Waals surface area contributed by atoms with Gasteiger partial charge in [-0.05, 0) is 12.5 Å². The number of allylic oxidation sites excluding steroid dienone is 2. The highest BCUT2D eigenvalue weighted by Crippen LogP contribution is 1.95. The summed E-state index contributed by atoms with van der Waals surface area (Å²) in [6.07, 6.45) is 1.34. The Labute approximate surface area is 54.4 Å². The lowest BCUT2D eigenvalue weighted by Crippen LogP contribution is -1.90. The van der Waals surface area contributed by atoms with Crippen LogP contribution in [0.3, 0.4) is 0 Å². The van der Waals surface area contributed by atoms with Crippen LogP contribution < -0.4 is 0 Å². The van der Waals surface area contributed by atoms with Crippen LogP contribution in [0, 0.1) is 0 Å². The lowest BCUT2D eigenvalue weighted by atomic mass is 10.4. The van der Waals surface area contributed by atoms with Crippen LogP contribution in [-0.4, -0.2) is 13.0 Å². The van der Waals surface area contributed by atoms with E-state index in [0.717, 1.165) is 5.41 Å². The quantitative estimate of drug-likeness (QED) is 0.469. The van der Waals surface area contributed by atoms with Gasteiger partial charge in [-0.3, -0.25) is 4.55 Å². The van der Waals surface area contributed by atoms with E-state index in [-0.39, 0.29) is 0 Å². The minimum absolute atomic E-state index is 0.414. The summed E-state index contributed by atoms with van der Waals surface area (Å²) in [5.74, 6) is 0. The van der Waals surface area contributed by atoms with Gasteiger partial charge in [-0.15, -0.1) is 0 Å². The zero-order chi connectivity index (χ0) is 7.49. The molecule has 0 heterocycles. The maximum Gasteiger partial charge on any atom is 0.287 e. The van der Waals surface area contributed by atoms with E-state index in [1.54, 1.807) is 0 Å². The minimum atomic E-state index is -3.97. The second-order valence-electron chi connectivity index (χ2n) is 1.58. The second-order valence-corrected chi connectivity index (χ2v) is 2.85. The third kappa shape index (κ3) is 5.26. The molecule has 9 heavy (non-hydrogen) atoms. The van der Waals surface area contributed by atoms with E-state index in [4.69, 9.17) is 4.55 Å². The van der Waals surface area contributed by atoms with E-state index < -0.39 is 10.1 Å². The monoisotopic (exact) mass is 148 g/mol. The Morgan fingerprint density at radius 3 is 2.22 bits per heavy atom. The molecule has 0 atom stereocenters. The van der Waals surface area contributed by atoms with Gasteiger partial charge in [0.2, 0.25) is 0 Å². The van der Waals surface area contributed by atoms with Crippen molar-refractivity contribution >= 4 is 10.1 Å². The summed E-state index contributed by atoms with van der Waals surface area (Å²) in [6, 6.07) is 0. The van der Waals surface area contributed by atoms with Crippen LogP contribution in [-0.2, 0) is 10.1 Å². The number of hydrogen-bond donors (Lipinski definition) is 1. The molecule has 3 nitrogen and oxygen atoms in total. The lowest BCUT2D eigenvalue weighted by Gasteiger charge is -1.86. The van der Waals surface area contributed by atoms with Crippen molar-refractivity contribution in [2.45, 2.75) is 6.92 Å². The van der Waals surface area contributed by atoms with Crippen LogP contribution >= 0.6 is 0 Å². The van der Waals surface area contributed by atoms with E-state index in [1.807, 2.05) is 0 Å². The van der Waals surface area contributed by atoms with Crippen molar-refractivity contribution in [3.63, 3.8) is 0 Å². The van der Waals surface area contributed by atoms with E-state index in [0.29, 0.717) is 5.57 Å². The molecule has 0 bridgehead atoms. The zero-order valence-electron chi connectivity index (χ0n) is 5.03. The van der Waals surface area contributed by atoms with E-state index >= 15 is 0 Å². The Hall–Kier alpha value is -0.610. The summed E-state index contributed by atoms with van der Waals surface area (Å²) in [5, 5.41) is 0.736. The molecule has 0 aliphatic rings. The predicted octanol–water partition coefficient (Wildman–Crippen LogP) is 0.964. The van der Waals surface area contributed by atoms with Crippen molar-refractivity contribution < 1.29 is 13.0 Å². The fourth-order valence-corrected chi connectivity index (χ4v) is 0.849. The van der Waals surface area contributed by atoms with Crippen LogP contribution in [0.1, 0.15) is 6.92 Å². The average Bonchev–Trinajstić information content (AvgIpc) is 1.62. The first-order valence-corrected chi connectivity index (χ1v) is 3.74. The molecule has 0 unspecified atom stereocenters. The first-order chi connectivity index (χ1) is 3.95. The Kier molecular flexibility index (Phi) is 2.61. The van der Waals surface area contributed by atoms with Crippen molar-refractivity contribution in [1.29, 1.82) is 0 Å². The highest BCUT2D eigenvalue weighted by Gasteiger charge is 1.95. The minimum Gasteiger partial charge on any atom is -0.282 e. The van der Waals surface area contributed by atoms with Crippen molar-refractivity contribution in [3.05, 3.63) is 23.6 Å². The maximum atomic E-state index is 10.0. The Morgan fingerprint density at radius 1 is 1.67 bits per heavy atom. The normalized spacial score (nSPS) is 13.3. The maximum absolute atomic E-state index is 10.0. The Morgan fingerprint density at radius 2 is 2.11 bits per heavy atom. The topological polar surface area (TPSA) is 54.4 Å².